The Morgan fingerprint density at radius 3 is 2.69 bits per heavy atom. The third-order valence-electron chi connectivity index (χ3n) is 2.66. The molecule has 2 heteroatoms. The summed E-state index contributed by atoms with van der Waals surface area (Å²) in [6.45, 7) is 6.94. The van der Waals surface area contributed by atoms with Gasteiger partial charge >= 0.3 is 0 Å². The number of H-pyrrole nitrogens is 1. The molecule has 3 N–H and O–H groups in total. The van der Waals surface area contributed by atoms with Gasteiger partial charge < -0.3 is 10.7 Å². The number of rotatable bonds is 3. The monoisotopic (exact) mass is 218 g/mol. The van der Waals surface area contributed by atoms with E-state index < -0.39 is 0 Å². The number of aromatic amines is 1. The zero-order valence-electron chi connectivity index (χ0n) is 10.5. The average Bonchev–Trinajstić information content (AvgIpc) is 2.81. The Kier molecular flexibility index (Phi) is 5.06. The Balaban J connectivity index is 0.000000606. The largest absolute Gasteiger partial charge is 0.361 e. The third-order valence-corrected chi connectivity index (χ3v) is 2.66. The molecule has 0 amide bonds. The van der Waals surface area contributed by atoms with Crippen molar-refractivity contribution in [2.24, 2.45) is 11.7 Å². The molecular weight excluding hydrogens is 196 g/mol. The van der Waals surface area contributed by atoms with Crippen LogP contribution in [0.15, 0.2) is 30.5 Å². The molecule has 0 spiro atoms. The average molecular weight is 218 g/mol. The molecule has 2 nitrogen and oxygen atoms in total. The second kappa shape index (κ2) is 6.33. The minimum Gasteiger partial charge on any atom is -0.361 e. The van der Waals surface area contributed by atoms with Crippen LogP contribution in [0.5, 0.6) is 0 Å². The fourth-order valence-electron chi connectivity index (χ4n) is 1.79. The van der Waals surface area contributed by atoms with Crippen molar-refractivity contribution in [3.8, 4) is 0 Å². The van der Waals surface area contributed by atoms with E-state index in [0.29, 0.717) is 5.92 Å². The van der Waals surface area contributed by atoms with Crippen molar-refractivity contribution < 1.29 is 0 Å². The van der Waals surface area contributed by atoms with Crippen molar-refractivity contribution >= 4 is 10.9 Å². The van der Waals surface area contributed by atoms with Gasteiger partial charge in [0.25, 0.3) is 0 Å². The molecule has 0 aliphatic heterocycles. The van der Waals surface area contributed by atoms with Crippen molar-refractivity contribution in [2.75, 3.05) is 6.54 Å². The second-order valence-electron chi connectivity index (χ2n) is 3.90. The standard InChI is InChI=1S/C12H16N2.C2H6/c1-9(8-13)7-10-3-2-4-12-11(10)5-6-14-12;1-2/h2-6,9,14H,7-8,13H2,1H3;1-2H3. The molecule has 1 aromatic heterocycles. The Morgan fingerprint density at radius 2 is 2.00 bits per heavy atom. The van der Waals surface area contributed by atoms with Crippen molar-refractivity contribution in [3.63, 3.8) is 0 Å². The molecule has 0 bridgehead atoms. The summed E-state index contributed by atoms with van der Waals surface area (Å²) in [5.41, 5.74) is 8.24. The lowest BCUT2D eigenvalue weighted by atomic mass is 9.98. The van der Waals surface area contributed by atoms with Crippen LogP contribution in [0, 0.1) is 5.92 Å². The molecule has 16 heavy (non-hydrogen) atoms. The van der Waals surface area contributed by atoms with Gasteiger partial charge in [-0.1, -0.05) is 32.9 Å². The van der Waals surface area contributed by atoms with Crippen LogP contribution in [0.1, 0.15) is 26.3 Å². The number of hydrogen-bond acceptors (Lipinski definition) is 1. The highest BCUT2D eigenvalue weighted by molar-refractivity contribution is 5.82. The van der Waals surface area contributed by atoms with E-state index in [1.165, 1.54) is 16.5 Å². The Bertz CT molecular complexity index is 417. The van der Waals surface area contributed by atoms with E-state index in [-0.39, 0.29) is 0 Å². The summed E-state index contributed by atoms with van der Waals surface area (Å²) in [6.07, 6.45) is 3.05. The minimum absolute atomic E-state index is 0.551. The first-order valence-electron chi connectivity index (χ1n) is 6.06. The van der Waals surface area contributed by atoms with Gasteiger partial charge in [-0.25, -0.2) is 0 Å². The summed E-state index contributed by atoms with van der Waals surface area (Å²) in [6, 6.07) is 8.51. The molecule has 0 saturated heterocycles. The quantitative estimate of drug-likeness (QED) is 0.815. The lowest BCUT2D eigenvalue weighted by Crippen LogP contribution is -2.13. The second-order valence-corrected chi connectivity index (χ2v) is 3.90. The molecule has 1 heterocycles. The Labute approximate surface area is 97.9 Å². The van der Waals surface area contributed by atoms with Gasteiger partial charge in [-0.15, -0.1) is 0 Å². The number of benzene rings is 1. The molecule has 0 saturated carbocycles. The smallest absolute Gasteiger partial charge is 0.0456 e. The number of aromatic nitrogens is 1. The van der Waals surface area contributed by atoms with Gasteiger partial charge in [-0.05, 0) is 36.6 Å². The first-order valence-corrected chi connectivity index (χ1v) is 6.06. The van der Waals surface area contributed by atoms with Crippen LogP contribution in [0.25, 0.3) is 10.9 Å². The lowest BCUT2D eigenvalue weighted by molar-refractivity contribution is 0.595. The van der Waals surface area contributed by atoms with E-state index in [1.54, 1.807) is 0 Å². The van der Waals surface area contributed by atoms with Crippen LogP contribution in [0.4, 0.5) is 0 Å². The zero-order valence-corrected chi connectivity index (χ0v) is 10.5. The van der Waals surface area contributed by atoms with E-state index in [0.717, 1.165) is 13.0 Å². The summed E-state index contributed by atoms with van der Waals surface area (Å²) >= 11 is 0. The fourth-order valence-corrected chi connectivity index (χ4v) is 1.79. The summed E-state index contributed by atoms with van der Waals surface area (Å²) in [5.74, 6) is 0.551. The Morgan fingerprint density at radius 1 is 1.25 bits per heavy atom. The van der Waals surface area contributed by atoms with Crippen LogP contribution in [-0.2, 0) is 6.42 Å². The summed E-state index contributed by atoms with van der Waals surface area (Å²) < 4.78 is 0. The molecule has 0 radical (unpaired) electrons. The minimum atomic E-state index is 0.551. The molecule has 88 valence electrons. The van der Waals surface area contributed by atoms with Crippen molar-refractivity contribution in [1.29, 1.82) is 0 Å². The van der Waals surface area contributed by atoms with Gasteiger partial charge in [0.05, 0.1) is 0 Å². The van der Waals surface area contributed by atoms with Gasteiger partial charge in [-0.3, -0.25) is 0 Å². The van der Waals surface area contributed by atoms with E-state index in [9.17, 15) is 0 Å². The lowest BCUT2D eigenvalue weighted by Gasteiger charge is -2.09. The summed E-state index contributed by atoms with van der Waals surface area (Å²) in [4.78, 5) is 3.22. The predicted molar refractivity (Wildman–Crippen MR) is 71.6 cm³/mol. The fraction of sp³-hybridized carbons (Fsp3) is 0.429. The van der Waals surface area contributed by atoms with Crippen LogP contribution in [0.3, 0.4) is 0 Å². The Hall–Kier alpha value is -1.28. The first-order chi connectivity index (χ1) is 7.81. The predicted octanol–water partition coefficient (Wildman–Crippen LogP) is 3.33. The number of nitrogens with one attached hydrogen (secondary N) is 1. The van der Waals surface area contributed by atoms with Gasteiger partial charge in [0.15, 0.2) is 0 Å². The highest BCUT2D eigenvalue weighted by atomic mass is 14.7. The first kappa shape index (κ1) is 12.8. The molecule has 2 aromatic rings. The van der Waals surface area contributed by atoms with Crippen molar-refractivity contribution in [3.05, 3.63) is 36.0 Å². The molecule has 0 aliphatic rings. The van der Waals surface area contributed by atoms with E-state index in [4.69, 9.17) is 5.73 Å². The maximum Gasteiger partial charge on any atom is 0.0456 e. The van der Waals surface area contributed by atoms with E-state index >= 15 is 0 Å². The van der Waals surface area contributed by atoms with Crippen LogP contribution >= 0.6 is 0 Å². The third kappa shape index (κ3) is 2.86. The molecular formula is C14H22N2. The van der Waals surface area contributed by atoms with E-state index in [1.807, 2.05) is 20.0 Å². The molecule has 2 rings (SSSR count). The summed E-state index contributed by atoms with van der Waals surface area (Å²) in [5, 5.41) is 1.33. The van der Waals surface area contributed by atoms with Gasteiger partial charge in [0.2, 0.25) is 0 Å². The molecule has 0 aliphatic carbocycles. The van der Waals surface area contributed by atoms with Gasteiger partial charge in [-0.2, -0.15) is 0 Å². The molecule has 1 atom stereocenters. The van der Waals surface area contributed by atoms with Gasteiger partial charge in [0.1, 0.15) is 0 Å². The van der Waals surface area contributed by atoms with Gasteiger partial charge in [0, 0.05) is 17.1 Å². The highest BCUT2D eigenvalue weighted by Gasteiger charge is 2.05. The topological polar surface area (TPSA) is 41.8 Å². The zero-order chi connectivity index (χ0) is 12.0. The molecule has 1 aromatic carbocycles. The number of nitrogens with two attached hydrogens (primary N) is 1. The summed E-state index contributed by atoms with van der Waals surface area (Å²) in [7, 11) is 0. The van der Waals surface area contributed by atoms with Crippen LogP contribution in [-0.4, -0.2) is 11.5 Å². The molecule has 1 unspecified atom stereocenters. The highest BCUT2D eigenvalue weighted by Crippen LogP contribution is 2.19. The van der Waals surface area contributed by atoms with Crippen molar-refractivity contribution in [2.45, 2.75) is 27.2 Å². The number of hydrogen-bond donors (Lipinski definition) is 2. The maximum absolute atomic E-state index is 5.63. The SMILES string of the molecule is CC.CC(CN)Cc1cccc2[nH]ccc12. The van der Waals surface area contributed by atoms with Crippen molar-refractivity contribution in [1.82, 2.24) is 4.98 Å². The normalized spacial score (nSPS) is 12.0. The van der Waals surface area contributed by atoms with E-state index in [2.05, 4.69) is 36.2 Å². The maximum atomic E-state index is 5.63. The number of fused-ring (bicyclic) bond motifs is 1. The molecule has 0 fully saturated rings. The van der Waals surface area contributed by atoms with Crippen LogP contribution in [0.2, 0.25) is 0 Å². The van der Waals surface area contributed by atoms with Crippen LogP contribution < -0.4 is 5.73 Å².